The Kier molecular flexibility index (Phi) is 21.0. The van der Waals surface area contributed by atoms with Gasteiger partial charge in [0.05, 0.1) is 11.5 Å². The third-order valence-electron chi connectivity index (χ3n) is 4.95. The van der Waals surface area contributed by atoms with E-state index < -0.39 is 23.1 Å². The van der Waals surface area contributed by atoms with Crippen molar-refractivity contribution in [3.63, 3.8) is 0 Å². The van der Waals surface area contributed by atoms with Crippen LogP contribution in [0, 0.1) is 5.41 Å². The zero-order chi connectivity index (χ0) is 25.4. The van der Waals surface area contributed by atoms with Crippen LogP contribution in [0.2, 0.25) is 0 Å². The van der Waals surface area contributed by atoms with E-state index in [1.54, 1.807) is 13.8 Å². The van der Waals surface area contributed by atoms with Gasteiger partial charge >= 0.3 is 35.5 Å². The van der Waals surface area contributed by atoms with Gasteiger partial charge < -0.3 is 19.5 Å². The molecule has 1 aromatic rings. The minimum absolute atomic E-state index is 0. The van der Waals surface area contributed by atoms with Crippen LogP contribution in [0.25, 0.3) is 0 Å². The molecule has 6 heteroatoms. The Labute approximate surface area is 225 Å². The van der Waals surface area contributed by atoms with Gasteiger partial charge in [0.2, 0.25) is 0 Å². The number of carbonyl (C=O) groups is 1. The summed E-state index contributed by atoms with van der Waals surface area (Å²) >= 11 is 0. The van der Waals surface area contributed by atoms with Crippen molar-refractivity contribution in [2.75, 3.05) is 20.1 Å². The first kappa shape index (κ1) is 36.3. The molecule has 3 rings (SSSR count). The zero-order valence-electron chi connectivity index (χ0n) is 22.9. The van der Waals surface area contributed by atoms with Gasteiger partial charge in [-0.15, -0.1) is 13.2 Å². The topological polar surface area (TPSA) is 61.8 Å². The maximum atomic E-state index is 12.6. The molecule has 2 heterocycles. The number of benzene rings is 1. The first-order valence-corrected chi connectivity index (χ1v) is 11.9. The molecular weight excluding hydrogens is 425 g/mol. The molecule has 2 aliphatic rings. The summed E-state index contributed by atoms with van der Waals surface area (Å²) in [5.41, 5.74) is 0.761. The van der Waals surface area contributed by atoms with Crippen LogP contribution < -0.4 is 34.7 Å². The Balaban J connectivity index is -0.000000905. The smallest absolute Gasteiger partial charge is 0.575 e. The van der Waals surface area contributed by atoms with Crippen LogP contribution in [0.5, 0.6) is 0 Å². The van der Waals surface area contributed by atoms with Crippen molar-refractivity contribution in [3.05, 3.63) is 60.6 Å². The molecule has 1 fully saturated rings. The van der Waals surface area contributed by atoms with Crippen molar-refractivity contribution in [1.29, 1.82) is 0 Å². The fraction of sp³-hybridized carbons (Fsp3) is 0.593. The Bertz CT molecular complexity index is 666. The van der Waals surface area contributed by atoms with Gasteiger partial charge in [-0.05, 0) is 58.8 Å². The number of esters is 1. The molecule has 0 saturated carbocycles. The molecule has 1 saturated heterocycles. The molecule has 184 valence electrons. The SMILES string of the molecule is C=C.CC.CC.CC.CN1CCC(Cc2ccccc2)(C2=C([O-])OC(C)(C)OC2=O)CC1.[Na+]. The predicted octanol–water partition coefficient (Wildman–Crippen LogP) is 2.71. The molecule has 0 radical (unpaired) electrons. The molecule has 0 bridgehead atoms. The summed E-state index contributed by atoms with van der Waals surface area (Å²) in [6.07, 6.45) is 2.11. The summed E-state index contributed by atoms with van der Waals surface area (Å²) in [6, 6.07) is 9.98. The summed E-state index contributed by atoms with van der Waals surface area (Å²) in [5, 5.41) is 12.6. The molecule has 0 aromatic heterocycles. The minimum atomic E-state index is -1.20. The van der Waals surface area contributed by atoms with Crippen LogP contribution in [-0.2, 0) is 20.7 Å². The number of rotatable bonds is 3. The molecule has 5 nitrogen and oxygen atoms in total. The van der Waals surface area contributed by atoms with Gasteiger partial charge in [0.25, 0.3) is 0 Å². The Hall–Kier alpha value is -1.27. The van der Waals surface area contributed by atoms with Gasteiger partial charge in [0.1, 0.15) is 0 Å². The van der Waals surface area contributed by atoms with E-state index in [1.165, 1.54) is 0 Å². The van der Waals surface area contributed by atoms with E-state index >= 15 is 0 Å². The van der Waals surface area contributed by atoms with Crippen molar-refractivity contribution in [1.82, 2.24) is 4.90 Å². The predicted molar refractivity (Wildman–Crippen MR) is 133 cm³/mol. The van der Waals surface area contributed by atoms with Gasteiger partial charge in [-0.1, -0.05) is 71.9 Å². The van der Waals surface area contributed by atoms with Crippen LogP contribution in [0.15, 0.2) is 55.0 Å². The quantitative estimate of drug-likeness (QED) is 0.385. The summed E-state index contributed by atoms with van der Waals surface area (Å²) in [5.74, 6) is -2.26. The molecule has 2 aliphatic heterocycles. The first-order valence-electron chi connectivity index (χ1n) is 11.9. The van der Waals surface area contributed by atoms with Crippen molar-refractivity contribution in [2.24, 2.45) is 5.41 Å². The van der Waals surface area contributed by atoms with Gasteiger partial charge in [-0.25, -0.2) is 4.79 Å². The number of ether oxygens (including phenoxy) is 2. The van der Waals surface area contributed by atoms with Crippen LogP contribution in [0.4, 0.5) is 0 Å². The third kappa shape index (κ3) is 11.1. The van der Waals surface area contributed by atoms with Crippen LogP contribution in [-0.4, -0.2) is 36.8 Å². The number of hydrogen-bond donors (Lipinski definition) is 0. The van der Waals surface area contributed by atoms with Crippen LogP contribution in [0.1, 0.15) is 73.8 Å². The molecule has 33 heavy (non-hydrogen) atoms. The van der Waals surface area contributed by atoms with Crippen molar-refractivity contribution in [3.8, 4) is 0 Å². The van der Waals surface area contributed by atoms with E-state index in [4.69, 9.17) is 9.47 Å². The summed E-state index contributed by atoms with van der Waals surface area (Å²) in [6.45, 7) is 22.8. The van der Waals surface area contributed by atoms with Crippen molar-refractivity contribution in [2.45, 2.75) is 80.4 Å². The minimum Gasteiger partial charge on any atom is -0.575 e. The zero-order valence-corrected chi connectivity index (χ0v) is 24.9. The van der Waals surface area contributed by atoms with Crippen LogP contribution in [0.3, 0.4) is 0 Å². The van der Waals surface area contributed by atoms with E-state index in [2.05, 4.69) is 25.1 Å². The second-order valence-electron chi connectivity index (χ2n) is 7.30. The van der Waals surface area contributed by atoms with E-state index in [0.717, 1.165) is 31.5 Å². The average molecular weight is 472 g/mol. The second-order valence-corrected chi connectivity index (χ2v) is 7.30. The average Bonchev–Trinajstić information content (AvgIpc) is 2.80. The number of carbonyl (C=O) groups excluding carboxylic acids is 1. The summed E-state index contributed by atoms with van der Waals surface area (Å²) in [7, 11) is 2.05. The van der Waals surface area contributed by atoms with Gasteiger partial charge in [0.15, 0.2) is 5.79 Å². The van der Waals surface area contributed by atoms with Gasteiger partial charge in [-0.3, -0.25) is 0 Å². The van der Waals surface area contributed by atoms with Gasteiger partial charge in [-0.2, -0.15) is 0 Å². The normalized spacial score (nSPS) is 17.8. The van der Waals surface area contributed by atoms with E-state index in [1.807, 2.05) is 71.9 Å². The Morgan fingerprint density at radius 2 is 1.39 bits per heavy atom. The second kappa shape index (κ2) is 19.1. The Morgan fingerprint density at radius 3 is 1.82 bits per heavy atom. The fourth-order valence-corrected chi connectivity index (χ4v) is 3.63. The fourth-order valence-electron chi connectivity index (χ4n) is 3.63. The summed E-state index contributed by atoms with van der Waals surface area (Å²) < 4.78 is 10.7. The van der Waals surface area contributed by atoms with Crippen molar-refractivity contribution < 1.29 is 48.9 Å². The number of likely N-dealkylation sites (tertiary alicyclic amines) is 1. The molecule has 1 aromatic carbocycles. The molecule has 0 spiro atoms. The number of nitrogens with zero attached hydrogens (tertiary/aromatic N) is 1. The standard InChI is InChI=1S/C19H25NO4.3C2H6.C2H4.Na/c1-18(2)23-16(21)15(17(22)24-18)19(9-11-20(3)12-10-19)13-14-7-5-4-6-8-14;4*1-2;/h4-8,21H,9-13H2,1-3H3;3*1-2H3;1-2H2;/q;;;;;+1/p-1. The molecule has 0 N–H and O–H groups in total. The maximum Gasteiger partial charge on any atom is 1.00 e. The molecular formula is C27H46NNaO4. The molecule has 0 amide bonds. The first-order chi connectivity index (χ1) is 15.3. The summed E-state index contributed by atoms with van der Waals surface area (Å²) in [4.78, 5) is 14.8. The van der Waals surface area contributed by atoms with E-state index in [0.29, 0.717) is 6.42 Å². The monoisotopic (exact) mass is 471 g/mol. The number of hydrogen-bond acceptors (Lipinski definition) is 5. The molecule has 0 unspecified atom stereocenters. The van der Waals surface area contributed by atoms with E-state index in [9.17, 15) is 9.90 Å². The molecule has 0 aliphatic carbocycles. The largest absolute Gasteiger partial charge is 1.00 e. The number of cyclic esters (lactones) is 1. The maximum absolute atomic E-state index is 12.6. The number of piperidine rings is 1. The molecule has 0 atom stereocenters. The van der Waals surface area contributed by atoms with E-state index in [-0.39, 0.29) is 35.1 Å². The Morgan fingerprint density at radius 1 is 0.939 bits per heavy atom. The van der Waals surface area contributed by atoms with Gasteiger partial charge in [0, 0.05) is 5.41 Å². The van der Waals surface area contributed by atoms with Crippen LogP contribution >= 0.6 is 0 Å². The van der Waals surface area contributed by atoms with Crippen molar-refractivity contribution >= 4 is 5.97 Å². The third-order valence-corrected chi connectivity index (χ3v) is 4.95.